The summed E-state index contributed by atoms with van der Waals surface area (Å²) in [6.45, 7) is 6.23. The van der Waals surface area contributed by atoms with Gasteiger partial charge in [0, 0.05) is 18.8 Å². The molecular weight excluding hydrogens is 177 g/mol. The second-order valence-electron chi connectivity index (χ2n) is 3.17. The van der Waals surface area contributed by atoms with Crippen molar-refractivity contribution in [3.8, 4) is 0 Å². The molecule has 2 rings (SSSR count). The minimum absolute atomic E-state index is 0.155. The summed E-state index contributed by atoms with van der Waals surface area (Å²) in [5, 5.41) is 0. The van der Waals surface area contributed by atoms with Gasteiger partial charge in [0.05, 0.1) is 0 Å². The van der Waals surface area contributed by atoms with Crippen LogP contribution in [0, 0.1) is 5.82 Å². The van der Waals surface area contributed by atoms with Crippen molar-refractivity contribution >= 4 is 5.69 Å². The van der Waals surface area contributed by atoms with Crippen LogP contribution in [-0.4, -0.2) is 13.1 Å². The second kappa shape index (κ2) is 5.63. The van der Waals surface area contributed by atoms with Crippen LogP contribution in [0.15, 0.2) is 24.3 Å². The number of hydrogen-bond acceptors (Lipinski definition) is 1. The zero-order valence-corrected chi connectivity index (χ0v) is 8.96. The zero-order valence-electron chi connectivity index (χ0n) is 8.96. The molecule has 14 heavy (non-hydrogen) atoms. The van der Waals surface area contributed by atoms with Gasteiger partial charge in [-0.05, 0) is 37.1 Å². The summed E-state index contributed by atoms with van der Waals surface area (Å²) in [7, 11) is 0. The van der Waals surface area contributed by atoms with E-state index in [4.69, 9.17) is 0 Å². The van der Waals surface area contributed by atoms with E-state index in [9.17, 15) is 4.39 Å². The van der Waals surface area contributed by atoms with Crippen molar-refractivity contribution in [1.82, 2.24) is 0 Å². The lowest BCUT2D eigenvalue weighted by Gasteiger charge is -2.16. The fraction of sp³-hybridized carbons (Fsp3) is 0.500. The summed E-state index contributed by atoms with van der Waals surface area (Å²) in [6, 6.07) is 6.74. The Hall–Kier alpha value is -1.05. The van der Waals surface area contributed by atoms with E-state index >= 15 is 0 Å². The molecule has 0 unspecified atom stereocenters. The summed E-state index contributed by atoms with van der Waals surface area (Å²) in [6.07, 6.45) is 2.52. The third-order valence-corrected chi connectivity index (χ3v) is 2.30. The predicted octanol–water partition coefficient (Wildman–Crippen LogP) is 3.45. The van der Waals surface area contributed by atoms with Crippen molar-refractivity contribution in [1.29, 1.82) is 0 Å². The van der Waals surface area contributed by atoms with Gasteiger partial charge < -0.3 is 4.90 Å². The molecule has 78 valence electrons. The Morgan fingerprint density at radius 3 is 2.00 bits per heavy atom. The first-order valence-electron chi connectivity index (χ1n) is 5.37. The monoisotopic (exact) mass is 195 g/mol. The lowest BCUT2D eigenvalue weighted by Crippen LogP contribution is -2.17. The largest absolute Gasteiger partial charge is 0.372 e. The van der Waals surface area contributed by atoms with E-state index in [1.807, 2.05) is 26.0 Å². The van der Waals surface area contributed by atoms with E-state index in [0.717, 1.165) is 18.8 Å². The molecule has 0 N–H and O–H groups in total. The van der Waals surface area contributed by atoms with Crippen molar-refractivity contribution < 1.29 is 4.39 Å². The Balaban J connectivity index is 0.000000461. The first-order chi connectivity index (χ1) is 6.86. The Labute approximate surface area is 85.5 Å². The molecule has 0 bridgehead atoms. The van der Waals surface area contributed by atoms with Gasteiger partial charge in [-0.3, -0.25) is 0 Å². The highest BCUT2D eigenvalue weighted by Gasteiger charge is 2.11. The molecule has 1 aromatic rings. The third kappa shape index (κ3) is 2.72. The molecule has 1 aromatic carbocycles. The smallest absolute Gasteiger partial charge is 0.123 e. The Morgan fingerprint density at radius 1 is 1.00 bits per heavy atom. The average Bonchev–Trinajstić information content (AvgIpc) is 2.75. The SMILES string of the molecule is CC.Fc1ccc(N2CCCC2)cc1. The van der Waals surface area contributed by atoms with Crippen LogP contribution in [0.1, 0.15) is 26.7 Å². The molecular formula is C12H18FN. The Kier molecular flexibility index (Phi) is 4.44. The highest BCUT2D eigenvalue weighted by molar-refractivity contribution is 5.46. The van der Waals surface area contributed by atoms with E-state index in [-0.39, 0.29) is 5.82 Å². The molecule has 0 radical (unpaired) electrons. The number of halogens is 1. The van der Waals surface area contributed by atoms with Crippen LogP contribution < -0.4 is 4.90 Å². The minimum atomic E-state index is -0.155. The van der Waals surface area contributed by atoms with Gasteiger partial charge in [-0.1, -0.05) is 13.8 Å². The molecule has 0 saturated carbocycles. The van der Waals surface area contributed by atoms with E-state index in [2.05, 4.69) is 4.90 Å². The highest BCUT2D eigenvalue weighted by Crippen LogP contribution is 2.19. The second-order valence-corrected chi connectivity index (χ2v) is 3.17. The van der Waals surface area contributed by atoms with Gasteiger partial charge in [0.1, 0.15) is 5.82 Å². The molecule has 0 aromatic heterocycles. The fourth-order valence-corrected chi connectivity index (χ4v) is 1.63. The van der Waals surface area contributed by atoms with Crippen LogP contribution in [0.2, 0.25) is 0 Å². The normalized spacial score (nSPS) is 14.9. The molecule has 1 aliphatic rings. The highest BCUT2D eigenvalue weighted by atomic mass is 19.1. The Morgan fingerprint density at radius 2 is 1.50 bits per heavy atom. The molecule has 1 fully saturated rings. The first-order valence-corrected chi connectivity index (χ1v) is 5.37. The van der Waals surface area contributed by atoms with Crippen molar-refractivity contribution in [3.05, 3.63) is 30.1 Å². The molecule has 1 heterocycles. The zero-order chi connectivity index (χ0) is 10.4. The molecule has 0 atom stereocenters. The molecule has 0 spiro atoms. The van der Waals surface area contributed by atoms with Gasteiger partial charge >= 0.3 is 0 Å². The summed E-state index contributed by atoms with van der Waals surface area (Å²) in [4.78, 5) is 2.29. The molecule has 1 aliphatic heterocycles. The van der Waals surface area contributed by atoms with E-state index in [0.29, 0.717) is 0 Å². The maximum Gasteiger partial charge on any atom is 0.123 e. The number of anilines is 1. The minimum Gasteiger partial charge on any atom is -0.372 e. The van der Waals surface area contributed by atoms with Gasteiger partial charge in [0.25, 0.3) is 0 Å². The van der Waals surface area contributed by atoms with Gasteiger partial charge in [0.2, 0.25) is 0 Å². The summed E-state index contributed by atoms with van der Waals surface area (Å²) < 4.78 is 12.6. The number of nitrogens with zero attached hydrogens (tertiary/aromatic N) is 1. The van der Waals surface area contributed by atoms with Crippen LogP contribution in [0.25, 0.3) is 0 Å². The average molecular weight is 195 g/mol. The lowest BCUT2D eigenvalue weighted by atomic mass is 10.3. The van der Waals surface area contributed by atoms with Crippen molar-refractivity contribution in [3.63, 3.8) is 0 Å². The molecule has 1 saturated heterocycles. The number of benzene rings is 1. The van der Waals surface area contributed by atoms with Crippen molar-refractivity contribution in [2.75, 3.05) is 18.0 Å². The Bertz CT molecular complexity index is 250. The maximum atomic E-state index is 12.6. The fourth-order valence-electron chi connectivity index (χ4n) is 1.63. The van der Waals surface area contributed by atoms with Crippen LogP contribution in [0.5, 0.6) is 0 Å². The topological polar surface area (TPSA) is 3.24 Å². The lowest BCUT2D eigenvalue weighted by molar-refractivity contribution is 0.627. The summed E-state index contributed by atoms with van der Waals surface area (Å²) in [5.74, 6) is -0.155. The quantitative estimate of drug-likeness (QED) is 0.663. The molecule has 2 heteroatoms. The number of hydrogen-bond donors (Lipinski definition) is 0. The molecule has 1 nitrogen and oxygen atoms in total. The molecule has 0 amide bonds. The van der Waals surface area contributed by atoms with Gasteiger partial charge in [-0.15, -0.1) is 0 Å². The van der Waals surface area contributed by atoms with Crippen LogP contribution in [0.4, 0.5) is 10.1 Å². The van der Waals surface area contributed by atoms with Crippen LogP contribution >= 0.6 is 0 Å². The van der Waals surface area contributed by atoms with E-state index in [1.54, 1.807) is 0 Å². The standard InChI is InChI=1S/C10H12FN.C2H6/c11-9-3-5-10(6-4-9)12-7-1-2-8-12;1-2/h3-6H,1-2,7-8H2;1-2H3. The summed E-state index contributed by atoms with van der Waals surface area (Å²) in [5.41, 5.74) is 1.15. The van der Waals surface area contributed by atoms with Gasteiger partial charge in [-0.25, -0.2) is 4.39 Å². The third-order valence-electron chi connectivity index (χ3n) is 2.30. The van der Waals surface area contributed by atoms with E-state index < -0.39 is 0 Å². The summed E-state index contributed by atoms with van der Waals surface area (Å²) >= 11 is 0. The van der Waals surface area contributed by atoms with E-state index in [1.165, 1.54) is 25.0 Å². The molecule has 0 aliphatic carbocycles. The van der Waals surface area contributed by atoms with Crippen LogP contribution in [-0.2, 0) is 0 Å². The van der Waals surface area contributed by atoms with Gasteiger partial charge in [0.15, 0.2) is 0 Å². The first kappa shape index (κ1) is 11.0. The van der Waals surface area contributed by atoms with Crippen LogP contribution in [0.3, 0.4) is 0 Å². The van der Waals surface area contributed by atoms with Gasteiger partial charge in [-0.2, -0.15) is 0 Å². The van der Waals surface area contributed by atoms with Crippen molar-refractivity contribution in [2.45, 2.75) is 26.7 Å². The maximum absolute atomic E-state index is 12.6. The van der Waals surface area contributed by atoms with Crippen molar-refractivity contribution in [2.24, 2.45) is 0 Å². The predicted molar refractivity (Wildman–Crippen MR) is 59.2 cm³/mol. The number of rotatable bonds is 1.